The molecular formula is C26H38N4O4S2. The van der Waals surface area contributed by atoms with Crippen LogP contribution < -0.4 is 0 Å². The lowest BCUT2D eigenvalue weighted by Gasteiger charge is -2.42. The van der Waals surface area contributed by atoms with E-state index < -0.39 is 10.0 Å². The average molecular weight is 535 g/mol. The van der Waals surface area contributed by atoms with Gasteiger partial charge < -0.3 is 14.5 Å². The number of ether oxygens (including phenoxy) is 1. The van der Waals surface area contributed by atoms with Gasteiger partial charge in [-0.2, -0.15) is 4.31 Å². The van der Waals surface area contributed by atoms with Gasteiger partial charge in [-0.1, -0.05) is 24.6 Å². The van der Waals surface area contributed by atoms with Gasteiger partial charge in [0.25, 0.3) is 10.0 Å². The van der Waals surface area contributed by atoms with E-state index in [1.165, 1.54) is 24.2 Å². The van der Waals surface area contributed by atoms with E-state index in [1.54, 1.807) is 10.4 Å². The zero-order chi connectivity index (χ0) is 25.1. The van der Waals surface area contributed by atoms with Crippen molar-refractivity contribution in [1.29, 1.82) is 0 Å². The van der Waals surface area contributed by atoms with E-state index in [0.29, 0.717) is 16.8 Å². The molecule has 8 nitrogen and oxygen atoms in total. The fourth-order valence-corrected chi connectivity index (χ4v) is 8.93. The number of rotatable bonds is 7. The number of hydrogen-bond acceptors (Lipinski definition) is 7. The van der Waals surface area contributed by atoms with Gasteiger partial charge in [0.15, 0.2) is 0 Å². The van der Waals surface area contributed by atoms with Crippen LogP contribution in [0.4, 0.5) is 0 Å². The summed E-state index contributed by atoms with van der Waals surface area (Å²) in [7, 11) is -1.42. The first kappa shape index (κ1) is 26.1. The number of carbonyl (C=O) groups excluding carboxylic acids is 1. The van der Waals surface area contributed by atoms with Gasteiger partial charge in [0.05, 0.1) is 6.61 Å². The van der Waals surface area contributed by atoms with Crippen LogP contribution in [0.3, 0.4) is 0 Å². The molecule has 5 rings (SSSR count). The van der Waals surface area contributed by atoms with Crippen LogP contribution in [0.2, 0.25) is 0 Å². The third-order valence-corrected chi connectivity index (χ3v) is 11.5. The number of sulfonamides is 1. The van der Waals surface area contributed by atoms with Gasteiger partial charge in [-0.05, 0) is 63.3 Å². The number of fused-ring (bicyclic) bond motifs is 1. The summed E-state index contributed by atoms with van der Waals surface area (Å²) in [4.78, 5) is 19.6. The summed E-state index contributed by atoms with van der Waals surface area (Å²) in [5.41, 5.74) is 0. The lowest BCUT2D eigenvalue weighted by Crippen LogP contribution is -2.54. The average Bonchev–Trinajstić information content (AvgIpc) is 3.35. The molecule has 36 heavy (non-hydrogen) atoms. The monoisotopic (exact) mass is 534 g/mol. The Balaban J connectivity index is 1.12. The molecule has 1 amide bonds. The van der Waals surface area contributed by atoms with Crippen molar-refractivity contribution < 1.29 is 17.9 Å². The molecular weight excluding hydrogens is 496 g/mol. The van der Waals surface area contributed by atoms with E-state index in [1.807, 2.05) is 29.2 Å². The molecule has 0 saturated carbocycles. The summed E-state index contributed by atoms with van der Waals surface area (Å²) in [5.74, 6) is 0.00718. The van der Waals surface area contributed by atoms with Crippen molar-refractivity contribution in [3.05, 3.63) is 30.3 Å². The second-order valence-electron chi connectivity index (χ2n) is 10.3. The van der Waals surface area contributed by atoms with Gasteiger partial charge in [-0.25, -0.2) is 8.42 Å². The van der Waals surface area contributed by atoms with E-state index in [-0.39, 0.29) is 25.2 Å². The van der Waals surface area contributed by atoms with Gasteiger partial charge in [-0.15, -0.1) is 11.3 Å². The Bertz CT molecular complexity index is 1100. The topological polar surface area (TPSA) is 73.4 Å². The third-order valence-electron chi connectivity index (χ3n) is 7.95. The maximum absolute atomic E-state index is 13.5. The van der Waals surface area contributed by atoms with Gasteiger partial charge in [0, 0.05) is 49.5 Å². The summed E-state index contributed by atoms with van der Waals surface area (Å²) in [6.07, 6.45) is 4.99. The first-order valence-corrected chi connectivity index (χ1v) is 15.5. The Labute approximate surface area is 218 Å². The maximum atomic E-state index is 13.5. The zero-order valence-electron chi connectivity index (χ0n) is 21.2. The highest BCUT2D eigenvalue weighted by Crippen LogP contribution is 2.33. The quantitative estimate of drug-likeness (QED) is 0.544. The van der Waals surface area contributed by atoms with Crippen molar-refractivity contribution in [1.82, 2.24) is 19.0 Å². The molecule has 4 heterocycles. The van der Waals surface area contributed by atoms with Crippen molar-refractivity contribution in [3.63, 3.8) is 0 Å². The molecule has 0 bridgehead atoms. The van der Waals surface area contributed by atoms with Crippen molar-refractivity contribution >= 4 is 37.4 Å². The van der Waals surface area contributed by atoms with Crippen LogP contribution in [-0.4, -0.2) is 111 Å². The third kappa shape index (κ3) is 5.79. The lowest BCUT2D eigenvalue weighted by atomic mass is 10.0. The standard InChI is InChI=1S/C26H38N4O4S2/c1-27-12-9-22(10-13-27)28-14-16-29(17-15-28)25(31)20-34-19-23-7-4-5-11-30(23)36(32,33)26-18-21-6-2-3-8-24(21)35-26/h2-3,6,8,18,22-23H,4-5,7,9-17,19-20H2,1H3. The molecule has 1 unspecified atom stereocenters. The SMILES string of the molecule is CN1CCC(N2CCN(C(=O)COCC3CCCCN3S(=O)(=O)c3cc4ccccc4s3)CC2)CC1. The number of carbonyl (C=O) groups is 1. The highest BCUT2D eigenvalue weighted by molar-refractivity contribution is 7.91. The Hall–Kier alpha value is -1.56. The second-order valence-corrected chi connectivity index (χ2v) is 13.5. The van der Waals surface area contributed by atoms with Crippen LogP contribution in [-0.2, 0) is 19.6 Å². The minimum atomic E-state index is -3.60. The molecule has 10 heteroatoms. The number of piperidine rings is 2. The summed E-state index contributed by atoms with van der Waals surface area (Å²) in [6.45, 7) is 6.38. The Kier molecular flexibility index (Phi) is 8.29. The van der Waals surface area contributed by atoms with Crippen LogP contribution >= 0.6 is 11.3 Å². The molecule has 198 valence electrons. The molecule has 3 fully saturated rings. The van der Waals surface area contributed by atoms with Crippen LogP contribution in [0.15, 0.2) is 34.5 Å². The van der Waals surface area contributed by atoms with Gasteiger partial charge in [0.1, 0.15) is 10.8 Å². The molecule has 1 atom stereocenters. The first-order chi connectivity index (χ1) is 17.4. The normalized spacial score (nSPS) is 23.9. The summed E-state index contributed by atoms with van der Waals surface area (Å²) >= 11 is 1.32. The first-order valence-electron chi connectivity index (χ1n) is 13.2. The minimum absolute atomic E-state index is 0.00718. The molecule has 1 aromatic carbocycles. The number of benzene rings is 1. The lowest BCUT2D eigenvalue weighted by molar-refractivity contribution is -0.138. The van der Waals surface area contributed by atoms with Crippen molar-refractivity contribution in [3.8, 4) is 0 Å². The number of thiophene rings is 1. The number of piperazine rings is 1. The van der Waals surface area contributed by atoms with Gasteiger partial charge in [0.2, 0.25) is 5.91 Å². The van der Waals surface area contributed by atoms with Gasteiger partial charge >= 0.3 is 0 Å². The van der Waals surface area contributed by atoms with E-state index in [4.69, 9.17) is 4.74 Å². The Morgan fingerprint density at radius 1 is 1.00 bits per heavy atom. The van der Waals surface area contributed by atoms with E-state index >= 15 is 0 Å². The van der Waals surface area contributed by atoms with Gasteiger partial charge in [-0.3, -0.25) is 9.69 Å². The molecule has 0 radical (unpaired) electrons. The number of hydrogen-bond donors (Lipinski definition) is 0. The number of likely N-dealkylation sites (tertiary alicyclic amines) is 1. The molecule has 3 saturated heterocycles. The van der Waals surface area contributed by atoms with E-state index in [0.717, 1.165) is 68.6 Å². The molecule has 3 aliphatic rings. The molecule has 1 aromatic heterocycles. The fourth-order valence-electron chi connectivity index (χ4n) is 5.73. The van der Waals surface area contributed by atoms with Crippen LogP contribution in [0.25, 0.3) is 10.1 Å². The Morgan fingerprint density at radius 2 is 1.75 bits per heavy atom. The van der Waals surface area contributed by atoms with Crippen LogP contribution in [0.5, 0.6) is 0 Å². The second kappa shape index (κ2) is 11.4. The van der Waals surface area contributed by atoms with Crippen molar-refractivity contribution in [2.45, 2.75) is 48.4 Å². The summed E-state index contributed by atoms with van der Waals surface area (Å²) in [6, 6.07) is 9.93. The van der Waals surface area contributed by atoms with E-state index in [2.05, 4.69) is 16.8 Å². The predicted octanol–water partition coefficient (Wildman–Crippen LogP) is 2.70. The Morgan fingerprint density at radius 3 is 2.50 bits per heavy atom. The minimum Gasteiger partial charge on any atom is -0.370 e. The summed E-state index contributed by atoms with van der Waals surface area (Å²) in [5, 5.41) is 0.951. The number of nitrogens with zero attached hydrogens (tertiary/aromatic N) is 4. The predicted molar refractivity (Wildman–Crippen MR) is 143 cm³/mol. The van der Waals surface area contributed by atoms with Crippen LogP contribution in [0.1, 0.15) is 32.1 Å². The number of amides is 1. The largest absolute Gasteiger partial charge is 0.370 e. The maximum Gasteiger partial charge on any atom is 0.252 e. The zero-order valence-corrected chi connectivity index (χ0v) is 22.8. The summed E-state index contributed by atoms with van der Waals surface area (Å²) < 4.78 is 35.8. The molecule has 0 aliphatic carbocycles. The van der Waals surface area contributed by atoms with Crippen molar-refractivity contribution in [2.75, 3.05) is 66.1 Å². The van der Waals surface area contributed by atoms with Crippen LogP contribution in [0, 0.1) is 0 Å². The highest BCUT2D eigenvalue weighted by atomic mass is 32.2. The molecule has 0 N–H and O–H groups in total. The smallest absolute Gasteiger partial charge is 0.252 e. The fraction of sp³-hybridized carbons (Fsp3) is 0.654. The molecule has 2 aromatic rings. The molecule has 3 aliphatic heterocycles. The molecule has 0 spiro atoms. The van der Waals surface area contributed by atoms with Crippen molar-refractivity contribution in [2.24, 2.45) is 0 Å². The highest BCUT2D eigenvalue weighted by Gasteiger charge is 2.35. The van der Waals surface area contributed by atoms with E-state index in [9.17, 15) is 13.2 Å².